The lowest BCUT2D eigenvalue weighted by molar-refractivity contribution is -0.303. The van der Waals surface area contributed by atoms with Crippen LogP contribution in [-0.2, 0) is 9.53 Å². The lowest BCUT2D eigenvalue weighted by atomic mass is 10.1. The minimum atomic E-state index is -4.72. The Bertz CT molecular complexity index is 367. The van der Waals surface area contributed by atoms with Gasteiger partial charge in [0.2, 0.25) is 5.91 Å². The first-order valence-corrected chi connectivity index (χ1v) is 4.47. The number of hydrogen-bond donors (Lipinski definition) is 1. The molecule has 0 saturated carbocycles. The van der Waals surface area contributed by atoms with Crippen molar-refractivity contribution in [1.82, 2.24) is 5.32 Å². The third kappa shape index (κ3) is 3.80. The van der Waals surface area contributed by atoms with Gasteiger partial charge in [-0.15, -0.1) is 13.2 Å². The Morgan fingerprint density at radius 2 is 2.12 bits per heavy atom. The molecule has 0 atom stereocenters. The Labute approximate surface area is 90.3 Å². The van der Waals surface area contributed by atoms with E-state index in [-0.39, 0.29) is 18.1 Å². The van der Waals surface area contributed by atoms with Crippen molar-refractivity contribution in [1.29, 1.82) is 0 Å². The van der Waals surface area contributed by atoms with E-state index < -0.39 is 6.36 Å². The van der Waals surface area contributed by atoms with Gasteiger partial charge in [-0.1, -0.05) is 6.08 Å². The Hall–Kier alpha value is -1.72. The molecule has 0 saturated heterocycles. The van der Waals surface area contributed by atoms with Crippen LogP contribution < -0.4 is 5.32 Å². The van der Waals surface area contributed by atoms with E-state index in [2.05, 4.69) is 10.1 Å². The molecule has 0 aromatic rings. The first-order chi connectivity index (χ1) is 7.42. The summed E-state index contributed by atoms with van der Waals surface area (Å²) in [6.45, 7) is 0. The van der Waals surface area contributed by atoms with Gasteiger partial charge in [-0.3, -0.25) is 4.79 Å². The molecule has 3 nitrogen and oxygen atoms in total. The molecule has 0 radical (unpaired) electrons. The van der Waals surface area contributed by atoms with Crippen LogP contribution in [0.15, 0.2) is 35.6 Å². The van der Waals surface area contributed by atoms with Crippen LogP contribution in [0.2, 0.25) is 0 Å². The topological polar surface area (TPSA) is 38.3 Å². The summed E-state index contributed by atoms with van der Waals surface area (Å²) in [5.74, 6) is -0.666. The van der Waals surface area contributed by atoms with Gasteiger partial charge in [0.15, 0.2) is 0 Å². The molecule has 0 aromatic carbocycles. The van der Waals surface area contributed by atoms with Crippen molar-refractivity contribution in [2.24, 2.45) is 0 Å². The Morgan fingerprint density at radius 3 is 2.69 bits per heavy atom. The normalized spacial score (nSPS) is 16.0. The highest BCUT2D eigenvalue weighted by molar-refractivity contribution is 5.93. The molecule has 0 spiro atoms. The summed E-state index contributed by atoms with van der Waals surface area (Å²) in [7, 11) is 1.45. The van der Waals surface area contributed by atoms with Crippen molar-refractivity contribution in [3.63, 3.8) is 0 Å². The number of amides is 1. The van der Waals surface area contributed by atoms with Crippen molar-refractivity contribution in [3.05, 3.63) is 35.6 Å². The minimum Gasteiger partial charge on any atom is -0.406 e. The van der Waals surface area contributed by atoms with Gasteiger partial charge >= 0.3 is 6.36 Å². The Morgan fingerprint density at radius 1 is 1.44 bits per heavy atom. The second kappa shape index (κ2) is 4.87. The molecule has 88 valence electrons. The van der Waals surface area contributed by atoms with E-state index in [1.165, 1.54) is 25.3 Å². The molecular formula is C10H10F3NO2. The molecule has 0 unspecified atom stereocenters. The van der Waals surface area contributed by atoms with Gasteiger partial charge in [-0.05, 0) is 24.6 Å². The summed E-state index contributed by atoms with van der Waals surface area (Å²) < 4.78 is 39.4. The fraction of sp³-hybridized carbons (Fsp3) is 0.300. The smallest absolute Gasteiger partial charge is 0.406 e. The molecule has 0 fully saturated rings. The fourth-order valence-electron chi connectivity index (χ4n) is 1.14. The van der Waals surface area contributed by atoms with Crippen molar-refractivity contribution in [2.45, 2.75) is 12.8 Å². The van der Waals surface area contributed by atoms with E-state index in [1.54, 1.807) is 0 Å². The largest absolute Gasteiger partial charge is 0.573 e. The van der Waals surface area contributed by atoms with Crippen LogP contribution in [0.5, 0.6) is 0 Å². The number of nitrogens with one attached hydrogen (secondary N) is 1. The number of carbonyl (C=O) groups is 1. The number of allylic oxidation sites excluding steroid dienone is 4. The highest BCUT2D eigenvalue weighted by Gasteiger charge is 2.31. The van der Waals surface area contributed by atoms with Crippen LogP contribution in [0, 0.1) is 0 Å². The zero-order valence-electron chi connectivity index (χ0n) is 8.47. The number of likely N-dealkylation sites (N-methyl/N-ethyl adjacent to an activating group) is 1. The van der Waals surface area contributed by atoms with Crippen molar-refractivity contribution in [2.75, 3.05) is 7.05 Å². The maximum atomic E-state index is 11.9. The Kier molecular flexibility index (Phi) is 3.76. The fourth-order valence-corrected chi connectivity index (χ4v) is 1.14. The van der Waals surface area contributed by atoms with Crippen LogP contribution >= 0.6 is 0 Å². The van der Waals surface area contributed by atoms with Gasteiger partial charge in [-0.2, -0.15) is 0 Å². The number of alkyl halides is 3. The van der Waals surface area contributed by atoms with E-state index in [1.807, 2.05) is 0 Å². The van der Waals surface area contributed by atoms with Gasteiger partial charge in [0.25, 0.3) is 0 Å². The molecule has 6 heteroatoms. The zero-order valence-corrected chi connectivity index (χ0v) is 8.47. The molecule has 16 heavy (non-hydrogen) atoms. The second-order valence-corrected chi connectivity index (χ2v) is 2.99. The van der Waals surface area contributed by atoms with Crippen LogP contribution in [0.25, 0.3) is 0 Å². The summed E-state index contributed by atoms with van der Waals surface area (Å²) in [6, 6.07) is 0. The number of halogens is 3. The zero-order chi connectivity index (χ0) is 12.2. The van der Waals surface area contributed by atoms with Crippen LogP contribution in [0.1, 0.15) is 6.42 Å². The van der Waals surface area contributed by atoms with Gasteiger partial charge in [0.05, 0.1) is 0 Å². The van der Waals surface area contributed by atoms with Crippen molar-refractivity contribution >= 4 is 5.91 Å². The van der Waals surface area contributed by atoms with Gasteiger partial charge in [0.1, 0.15) is 5.76 Å². The molecule has 1 rings (SSSR count). The highest BCUT2D eigenvalue weighted by Crippen LogP contribution is 2.23. The van der Waals surface area contributed by atoms with E-state index in [0.717, 1.165) is 6.08 Å². The second-order valence-electron chi connectivity index (χ2n) is 2.99. The predicted molar refractivity (Wildman–Crippen MR) is 51.1 cm³/mol. The third-order valence-corrected chi connectivity index (χ3v) is 1.82. The quantitative estimate of drug-likeness (QED) is 0.792. The molecule has 0 bridgehead atoms. The molecule has 1 aliphatic carbocycles. The van der Waals surface area contributed by atoms with Crippen LogP contribution in [0.4, 0.5) is 13.2 Å². The average Bonchev–Trinajstić information content (AvgIpc) is 2.40. The summed E-state index contributed by atoms with van der Waals surface area (Å²) in [6.07, 6.45) is 0.579. The monoisotopic (exact) mass is 233 g/mol. The van der Waals surface area contributed by atoms with Gasteiger partial charge < -0.3 is 10.1 Å². The van der Waals surface area contributed by atoms with E-state index in [4.69, 9.17) is 0 Å². The van der Waals surface area contributed by atoms with E-state index in [9.17, 15) is 18.0 Å². The molecule has 1 N–H and O–H groups in total. The number of rotatable bonds is 2. The van der Waals surface area contributed by atoms with E-state index in [0.29, 0.717) is 5.57 Å². The first kappa shape index (κ1) is 12.4. The molecule has 0 aliphatic heterocycles. The number of carbonyl (C=O) groups excluding carboxylic acids is 1. The summed E-state index contributed by atoms with van der Waals surface area (Å²) in [5.41, 5.74) is 0.375. The standard InChI is InChI=1S/C10H10F3NO2/c1-14-9(15)7-3-2-4-8(6-5-7)16-10(11,12)13/h2,4-6H,3H2,1H3,(H,14,15). The van der Waals surface area contributed by atoms with Gasteiger partial charge in [0, 0.05) is 12.6 Å². The SMILES string of the molecule is CNC(=O)C1=CC=C(OC(F)(F)F)C=CC1. The summed E-state index contributed by atoms with van der Waals surface area (Å²) in [5, 5.41) is 2.39. The molecule has 0 heterocycles. The molecule has 1 amide bonds. The van der Waals surface area contributed by atoms with E-state index >= 15 is 0 Å². The first-order valence-electron chi connectivity index (χ1n) is 4.47. The Balaban J connectivity index is 2.80. The number of hydrogen-bond acceptors (Lipinski definition) is 2. The third-order valence-electron chi connectivity index (χ3n) is 1.82. The lowest BCUT2D eigenvalue weighted by Crippen LogP contribution is -2.19. The van der Waals surface area contributed by atoms with Crippen LogP contribution in [0.3, 0.4) is 0 Å². The predicted octanol–water partition coefficient (Wildman–Crippen LogP) is 2.04. The number of ether oxygens (including phenoxy) is 1. The maximum Gasteiger partial charge on any atom is 0.573 e. The molecule has 0 aromatic heterocycles. The average molecular weight is 233 g/mol. The molecular weight excluding hydrogens is 223 g/mol. The lowest BCUT2D eigenvalue weighted by Gasteiger charge is -2.08. The summed E-state index contributed by atoms with van der Waals surface area (Å²) >= 11 is 0. The van der Waals surface area contributed by atoms with Crippen molar-refractivity contribution in [3.8, 4) is 0 Å². The summed E-state index contributed by atoms with van der Waals surface area (Å²) in [4.78, 5) is 11.2. The highest BCUT2D eigenvalue weighted by atomic mass is 19.4. The van der Waals surface area contributed by atoms with Crippen LogP contribution in [-0.4, -0.2) is 19.3 Å². The maximum absolute atomic E-state index is 11.9. The molecule has 1 aliphatic rings. The minimum absolute atomic E-state index is 0.265. The van der Waals surface area contributed by atoms with Gasteiger partial charge in [-0.25, -0.2) is 0 Å². The van der Waals surface area contributed by atoms with Crippen molar-refractivity contribution < 1.29 is 22.7 Å².